The van der Waals surface area contributed by atoms with E-state index in [-0.39, 0.29) is 29.8 Å². The van der Waals surface area contributed by atoms with Crippen LogP contribution < -0.4 is 10.2 Å². The fourth-order valence-electron chi connectivity index (χ4n) is 2.99. The zero-order valence-corrected chi connectivity index (χ0v) is 18.4. The molecule has 7 nitrogen and oxygen atoms in total. The van der Waals surface area contributed by atoms with Gasteiger partial charge in [-0.25, -0.2) is 9.38 Å². The summed E-state index contributed by atoms with van der Waals surface area (Å²) in [7, 11) is 1.95. The molecule has 0 spiro atoms. The Bertz CT molecular complexity index is 752. The Hall–Kier alpha value is -1.91. The van der Waals surface area contributed by atoms with Crippen LogP contribution in [0.15, 0.2) is 29.3 Å². The SMILES string of the molecule is CCNC(=NCc1nnc(C)n1C)N1CCN(c2ccc(F)cc2)CC1.I. The van der Waals surface area contributed by atoms with Crippen LogP contribution in [-0.4, -0.2) is 58.3 Å². The minimum atomic E-state index is -0.201. The Morgan fingerprint density at radius 1 is 1.15 bits per heavy atom. The zero-order chi connectivity index (χ0) is 18.5. The van der Waals surface area contributed by atoms with Gasteiger partial charge in [-0.15, -0.1) is 34.2 Å². The number of aliphatic imine (C=N–C) groups is 1. The summed E-state index contributed by atoms with van der Waals surface area (Å²) in [5.74, 6) is 2.43. The Labute approximate surface area is 176 Å². The number of benzene rings is 1. The first kappa shape index (κ1) is 21.4. The lowest BCUT2D eigenvalue weighted by Crippen LogP contribution is -2.52. The highest BCUT2D eigenvalue weighted by atomic mass is 127. The van der Waals surface area contributed by atoms with E-state index in [1.807, 2.05) is 30.7 Å². The second kappa shape index (κ2) is 9.86. The third-order valence-corrected chi connectivity index (χ3v) is 4.66. The zero-order valence-electron chi connectivity index (χ0n) is 16.0. The molecule has 1 saturated heterocycles. The van der Waals surface area contributed by atoms with E-state index in [1.165, 1.54) is 12.1 Å². The van der Waals surface area contributed by atoms with E-state index >= 15 is 0 Å². The van der Waals surface area contributed by atoms with E-state index in [2.05, 4.69) is 32.2 Å². The molecule has 0 saturated carbocycles. The number of piperazine rings is 1. The van der Waals surface area contributed by atoms with Crippen molar-refractivity contribution < 1.29 is 4.39 Å². The molecule has 0 atom stereocenters. The van der Waals surface area contributed by atoms with Crippen LogP contribution in [0.5, 0.6) is 0 Å². The molecule has 0 bridgehead atoms. The van der Waals surface area contributed by atoms with Crippen LogP contribution in [0.2, 0.25) is 0 Å². The molecule has 2 heterocycles. The van der Waals surface area contributed by atoms with E-state index in [1.54, 1.807) is 0 Å². The number of nitrogens with one attached hydrogen (secondary N) is 1. The van der Waals surface area contributed by atoms with Crippen molar-refractivity contribution in [2.75, 3.05) is 37.6 Å². The van der Waals surface area contributed by atoms with Gasteiger partial charge < -0.3 is 19.7 Å². The fourth-order valence-corrected chi connectivity index (χ4v) is 2.99. The van der Waals surface area contributed by atoms with E-state index in [9.17, 15) is 4.39 Å². The average Bonchev–Trinajstić information content (AvgIpc) is 2.98. The number of rotatable bonds is 4. The van der Waals surface area contributed by atoms with Crippen LogP contribution in [0.1, 0.15) is 18.6 Å². The lowest BCUT2D eigenvalue weighted by atomic mass is 10.2. The molecule has 3 rings (SSSR count). The quantitative estimate of drug-likeness (QED) is 0.407. The minimum absolute atomic E-state index is 0. The van der Waals surface area contributed by atoms with Gasteiger partial charge in [0, 0.05) is 45.5 Å². The van der Waals surface area contributed by atoms with Gasteiger partial charge in [-0.3, -0.25) is 0 Å². The predicted molar refractivity (Wildman–Crippen MR) is 116 cm³/mol. The molecule has 0 amide bonds. The van der Waals surface area contributed by atoms with Gasteiger partial charge in [0.05, 0.1) is 0 Å². The maximum Gasteiger partial charge on any atom is 0.194 e. The molecule has 2 aromatic rings. The molecule has 0 aliphatic carbocycles. The van der Waals surface area contributed by atoms with Crippen LogP contribution >= 0.6 is 24.0 Å². The van der Waals surface area contributed by atoms with Gasteiger partial charge in [0.1, 0.15) is 18.2 Å². The third-order valence-electron chi connectivity index (χ3n) is 4.66. The Morgan fingerprint density at radius 2 is 1.81 bits per heavy atom. The van der Waals surface area contributed by atoms with Crippen LogP contribution in [0.25, 0.3) is 0 Å². The van der Waals surface area contributed by atoms with Gasteiger partial charge >= 0.3 is 0 Å². The van der Waals surface area contributed by atoms with Gasteiger partial charge in [0.15, 0.2) is 11.8 Å². The number of aromatic nitrogens is 3. The summed E-state index contributed by atoms with van der Waals surface area (Å²) < 4.78 is 15.1. The lowest BCUT2D eigenvalue weighted by Gasteiger charge is -2.37. The Kier molecular flexibility index (Phi) is 7.81. The van der Waals surface area contributed by atoms with Crippen LogP contribution in [0.4, 0.5) is 10.1 Å². The van der Waals surface area contributed by atoms with Crippen molar-refractivity contribution in [3.05, 3.63) is 41.7 Å². The average molecular weight is 487 g/mol. The molecule has 1 aliphatic heterocycles. The van der Waals surface area contributed by atoms with Gasteiger partial charge in [0.25, 0.3) is 0 Å². The molecule has 0 radical (unpaired) electrons. The van der Waals surface area contributed by atoms with E-state index < -0.39 is 0 Å². The number of nitrogens with zero attached hydrogens (tertiary/aromatic N) is 6. The third kappa shape index (κ3) is 5.30. The highest BCUT2D eigenvalue weighted by Gasteiger charge is 2.20. The van der Waals surface area contributed by atoms with Crippen LogP contribution in [0.3, 0.4) is 0 Å². The van der Waals surface area contributed by atoms with Gasteiger partial charge in [0.2, 0.25) is 0 Å². The summed E-state index contributed by atoms with van der Waals surface area (Å²) in [4.78, 5) is 9.26. The van der Waals surface area contributed by atoms with Crippen molar-refractivity contribution >= 4 is 35.6 Å². The summed E-state index contributed by atoms with van der Waals surface area (Å²) in [6, 6.07) is 6.69. The highest BCUT2D eigenvalue weighted by molar-refractivity contribution is 14.0. The van der Waals surface area contributed by atoms with E-state index in [0.29, 0.717) is 6.54 Å². The minimum Gasteiger partial charge on any atom is -0.368 e. The number of anilines is 1. The second-order valence-corrected chi connectivity index (χ2v) is 6.34. The highest BCUT2D eigenvalue weighted by Crippen LogP contribution is 2.17. The van der Waals surface area contributed by atoms with Crippen molar-refractivity contribution in [2.24, 2.45) is 12.0 Å². The summed E-state index contributed by atoms with van der Waals surface area (Å²) in [5.41, 5.74) is 1.06. The van der Waals surface area contributed by atoms with Gasteiger partial charge in [-0.2, -0.15) is 0 Å². The van der Waals surface area contributed by atoms with Crippen molar-refractivity contribution in [2.45, 2.75) is 20.4 Å². The fraction of sp³-hybridized carbons (Fsp3) is 0.500. The largest absolute Gasteiger partial charge is 0.368 e. The Morgan fingerprint density at radius 3 is 2.37 bits per heavy atom. The summed E-state index contributed by atoms with van der Waals surface area (Å²) in [6.07, 6.45) is 0. The molecule has 148 valence electrons. The molecule has 1 aliphatic rings. The summed E-state index contributed by atoms with van der Waals surface area (Å²) in [6.45, 7) is 8.78. The van der Waals surface area contributed by atoms with E-state index in [0.717, 1.165) is 56.0 Å². The molecular weight excluding hydrogens is 460 g/mol. The molecular formula is C18H27FIN7. The number of hydrogen-bond acceptors (Lipinski definition) is 4. The molecule has 1 N–H and O–H groups in total. The lowest BCUT2D eigenvalue weighted by molar-refractivity contribution is 0.372. The van der Waals surface area contributed by atoms with Crippen molar-refractivity contribution in [3.8, 4) is 0 Å². The molecule has 27 heavy (non-hydrogen) atoms. The Balaban J connectivity index is 0.00000261. The first-order valence-corrected chi connectivity index (χ1v) is 8.97. The molecule has 1 aromatic heterocycles. The normalized spacial score (nSPS) is 14.9. The molecule has 1 aromatic carbocycles. The van der Waals surface area contributed by atoms with Crippen LogP contribution in [-0.2, 0) is 13.6 Å². The summed E-state index contributed by atoms with van der Waals surface area (Å²) in [5, 5.41) is 11.6. The first-order valence-electron chi connectivity index (χ1n) is 8.97. The molecule has 9 heteroatoms. The monoisotopic (exact) mass is 487 g/mol. The molecule has 0 unspecified atom stereocenters. The first-order chi connectivity index (χ1) is 12.6. The van der Waals surface area contributed by atoms with Crippen molar-refractivity contribution in [1.82, 2.24) is 25.0 Å². The van der Waals surface area contributed by atoms with E-state index in [4.69, 9.17) is 4.99 Å². The number of halogens is 2. The second-order valence-electron chi connectivity index (χ2n) is 6.34. The topological polar surface area (TPSA) is 61.6 Å². The maximum absolute atomic E-state index is 13.1. The van der Waals surface area contributed by atoms with Crippen molar-refractivity contribution in [3.63, 3.8) is 0 Å². The standard InChI is InChI=1S/C18H26FN7.HI/c1-4-20-18(21-13-17-23-22-14(2)24(17)3)26-11-9-25(10-12-26)16-7-5-15(19)6-8-16;/h5-8H,4,9-13H2,1-3H3,(H,20,21);1H. The number of hydrogen-bond donors (Lipinski definition) is 1. The summed E-state index contributed by atoms with van der Waals surface area (Å²) >= 11 is 0. The van der Waals surface area contributed by atoms with Gasteiger partial charge in [-0.1, -0.05) is 0 Å². The van der Waals surface area contributed by atoms with Gasteiger partial charge in [-0.05, 0) is 38.1 Å². The number of guanidine groups is 1. The van der Waals surface area contributed by atoms with Crippen LogP contribution in [0, 0.1) is 12.7 Å². The van der Waals surface area contributed by atoms with Crippen molar-refractivity contribution in [1.29, 1.82) is 0 Å². The maximum atomic E-state index is 13.1. The predicted octanol–water partition coefficient (Wildman–Crippen LogP) is 2.17. The molecule has 1 fully saturated rings. The number of aryl methyl sites for hydroxylation is 1. The smallest absolute Gasteiger partial charge is 0.194 e.